The lowest BCUT2D eigenvalue weighted by Crippen LogP contribution is -2.36. The van der Waals surface area contributed by atoms with Gasteiger partial charge in [0.25, 0.3) is 0 Å². The van der Waals surface area contributed by atoms with Crippen molar-refractivity contribution in [3.63, 3.8) is 0 Å². The van der Waals surface area contributed by atoms with E-state index in [-0.39, 0.29) is 6.61 Å². The maximum Gasteiger partial charge on any atom is 0.161 e. The molecule has 1 aliphatic rings. The molecule has 7 heteroatoms. The number of aromatic nitrogens is 1. The Labute approximate surface area is 177 Å². The SMILES string of the molecule is COc1cc(CNCc2csc(C)n2)ccc1OC[C@@H](O)CN1CCCCCC1. The Bertz CT molecular complexity index is 745. The zero-order chi connectivity index (χ0) is 20.5. The molecule has 29 heavy (non-hydrogen) atoms. The molecule has 2 aromatic rings. The summed E-state index contributed by atoms with van der Waals surface area (Å²) in [5.41, 5.74) is 2.18. The van der Waals surface area contributed by atoms with Crippen LogP contribution in [0.2, 0.25) is 0 Å². The van der Waals surface area contributed by atoms with Crippen molar-refractivity contribution in [3.05, 3.63) is 39.8 Å². The van der Waals surface area contributed by atoms with Crippen LogP contribution >= 0.6 is 11.3 Å². The van der Waals surface area contributed by atoms with E-state index in [0.717, 1.165) is 42.4 Å². The van der Waals surface area contributed by atoms with Crippen molar-refractivity contribution < 1.29 is 14.6 Å². The fraction of sp³-hybridized carbons (Fsp3) is 0.591. The number of methoxy groups -OCH3 is 1. The van der Waals surface area contributed by atoms with Crippen molar-refractivity contribution in [1.29, 1.82) is 0 Å². The molecular weight excluding hydrogens is 386 g/mol. The summed E-state index contributed by atoms with van der Waals surface area (Å²) in [7, 11) is 1.64. The average molecular weight is 420 g/mol. The molecule has 0 saturated carbocycles. The zero-order valence-electron chi connectivity index (χ0n) is 17.5. The zero-order valence-corrected chi connectivity index (χ0v) is 18.3. The Kier molecular flexibility index (Phi) is 8.73. The van der Waals surface area contributed by atoms with Gasteiger partial charge >= 0.3 is 0 Å². The topological polar surface area (TPSA) is 66.8 Å². The second-order valence-corrected chi connectivity index (χ2v) is 8.69. The first-order valence-corrected chi connectivity index (χ1v) is 11.3. The number of likely N-dealkylation sites (tertiary alicyclic amines) is 1. The van der Waals surface area contributed by atoms with E-state index in [1.54, 1.807) is 18.4 Å². The molecule has 0 bridgehead atoms. The van der Waals surface area contributed by atoms with E-state index in [2.05, 4.69) is 20.6 Å². The van der Waals surface area contributed by atoms with E-state index < -0.39 is 6.10 Å². The number of aryl methyl sites for hydroxylation is 1. The number of hydrogen-bond donors (Lipinski definition) is 2. The number of aliphatic hydroxyl groups excluding tert-OH is 1. The monoisotopic (exact) mass is 419 g/mol. The van der Waals surface area contributed by atoms with E-state index in [1.165, 1.54) is 25.7 Å². The Balaban J connectivity index is 1.46. The molecule has 1 atom stereocenters. The van der Waals surface area contributed by atoms with Gasteiger partial charge in [0.1, 0.15) is 12.7 Å². The van der Waals surface area contributed by atoms with Gasteiger partial charge in [-0.05, 0) is 50.6 Å². The number of ether oxygens (including phenoxy) is 2. The lowest BCUT2D eigenvalue weighted by atomic mass is 10.2. The lowest BCUT2D eigenvalue weighted by molar-refractivity contribution is 0.0683. The molecule has 2 N–H and O–H groups in total. The summed E-state index contributed by atoms with van der Waals surface area (Å²) in [6, 6.07) is 5.93. The molecule has 0 unspecified atom stereocenters. The molecule has 0 spiro atoms. The summed E-state index contributed by atoms with van der Waals surface area (Å²) in [5, 5.41) is 16.9. The molecule has 0 aliphatic carbocycles. The van der Waals surface area contributed by atoms with Crippen LogP contribution in [0.15, 0.2) is 23.6 Å². The van der Waals surface area contributed by atoms with Crippen molar-refractivity contribution in [1.82, 2.24) is 15.2 Å². The van der Waals surface area contributed by atoms with Gasteiger partial charge in [0, 0.05) is 25.0 Å². The van der Waals surface area contributed by atoms with E-state index in [4.69, 9.17) is 9.47 Å². The fourth-order valence-corrected chi connectivity index (χ4v) is 4.23. The third-order valence-corrected chi connectivity index (χ3v) is 5.95. The summed E-state index contributed by atoms with van der Waals surface area (Å²) in [6.45, 7) is 6.57. The Morgan fingerprint density at radius 2 is 1.97 bits per heavy atom. The maximum absolute atomic E-state index is 10.4. The van der Waals surface area contributed by atoms with Crippen molar-refractivity contribution in [2.24, 2.45) is 0 Å². The number of hydrogen-bond acceptors (Lipinski definition) is 7. The number of thiazole rings is 1. The second kappa shape index (κ2) is 11.5. The van der Waals surface area contributed by atoms with Gasteiger partial charge in [-0.3, -0.25) is 0 Å². The highest BCUT2D eigenvalue weighted by atomic mass is 32.1. The van der Waals surface area contributed by atoms with Crippen LogP contribution in [0.1, 0.15) is 41.9 Å². The molecule has 6 nitrogen and oxygen atoms in total. The molecular formula is C22H33N3O3S. The van der Waals surface area contributed by atoms with E-state index >= 15 is 0 Å². The van der Waals surface area contributed by atoms with Crippen LogP contribution in [-0.4, -0.2) is 54.4 Å². The Morgan fingerprint density at radius 3 is 2.66 bits per heavy atom. The highest BCUT2D eigenvalue weighted by Crippen LogP contribution is 2.28. The van der Waals surface area contributed by atoms with E-state index in [9.17, 15) is 5.11 Å². The van der Waals surface area contributed by atoms with Crippen LogP contribution in [0.5, 0.6) is 11.5 Å². The summed E-state index contributed by atoms with van der Waals surface area (Å²) < 4.78 is 11.4. The van der Waals surface area contributed by atoms with Gasteiger partial charge in [-0.1, -0.05) is 18.9 Å². The lowest BCUT2D eigenvalue weighted by Gasteiger charge is -2.23. The average Bonchev–Trinajstić information content (AvgIpc) is 2.97. The Morgan fingerprint density at radius 1 is 1.17 bits per heavy atom. The van der Waals surface area contributed by atoms with Gasteiger partial charge < -0.3 is 24.8 Å². The van der Waals surface area contributed by atoms with Crippen LogP contribution in [0.25, 0.3) is 0 Å². The minimum absolute atomic E-state index is 0.271. The van der Waals surface area contributed by atoms with Gasteiger partial charge in [0.15, 0.2) is 11.5 Å². The third-order valence-electron chi connectivity index (χ3n) is 5.13. The van der Waals surface area contributed by atoms with Crippen molar-refractivity contribution in [2.75, 3.05) is 33.4 Å². The minimum Gasteiger partial charge on any atom is -0.493 e. The van der Waals surface area contributed by atoms with Crippen molar-refractivity contribution in [3.8, 4) is 11.5 Å². The normalized spacial score (nSPS) is 16.4. The largest absolute Gasteiger partial charge is 0.493 e. The predicted octanol–water partition coefficient (Wildman–Crippen LogP) is 3.37. The van der Waals surface area contributed by atoms with Crippen molar-refractivity contribution >= 4 is 11.3 Å². The fourth-order valence-electron chi connectivity index (χ4n) is 3.62. The minimum atomic E-state index is -0.499. The first-order chi connectivity index (χ1) is 14.1. The molecule has 1 aromatic heterocycles. The van der Waals surface area contributed by atoms with Gasteiger partial charge in [-0.25, -0.2) is 4.98 Å². The predicted molar refractivity (Wildman–Crippen MR) is 117 cm³/mol. The first kappa shape index (κ1) is 22.0. The van der Waals surface area contributed by atoms with Crippen LogP contribution in [0.3, 0.4) is 0 Å². The molecule has 1 fully saturated rings. The number of aliphatic hydroxyl groups is 1. The number of rotatable bonds is 10. The number of nitrogens with one attached hydrogen (secondary N) is 1. The molecule has 1 saturated heterocycles. The summed E-state index contributed by atoms with van der Waals surface area (Å²) in [5.74, 6) is 1.36. The highest BCUT2D eigenvalue weighted by Gasteiger charge is 2.15. The van der Waals surface area contributed by atoms with Crippen LogP contribution in [0.4, 0.5) is 0 Å². The van der Waals surface area contributed by atoms with Crippen LogP contribution < -0.4 is 14.8 Å². The summed E-state index contributed by atoms with van der Waals surface area (Å²) >= 11 is 1.67. The highest BCUT2D eigenvalue weighted by molar-refractivity contribution is 7.09. The van der Waals surface area contributed by atoms with Crippen LogP contribution in [-0.2, 0) is 13.1 Å². The van der Waals surface area contributed by atoms with E-state index in [0.29, 0.717) is 18.0 Å². The summed E-state index contributed by atoms with van der Waals surface area (Å²) in [6.07, 6.45) is 4.54. The summed E-state index contributed by atoms with van der Waals surface area (Å²) in [4.78, 5) is 6.81. The van der Waals surface area contributed by atoms with E-state index in [1.807, 2.05) is 25.1 Å². The Hall–Kier alpha value is -1.67. The molecule has 1 aromatic carbocycles. The molecule has 1 aliphatic heterocycles. The molecule has 2 heterocycles. The van der Waals surface area contributed by atoms with Gasteiger partial charge in [0.2, 0.25) is 0 Å². The quantitative estimate of drug-likeness (QED) is 0.616. The first-order valence-electron chi connectivity index (χ1n) is 10.5. The van der Waals surface area contributed by atoms with Crippen LogP contribution in [0, 0.1) is 6.92 Å². The van der Waals surface area contributed by atoms with Gasteiger partial charge in [0.05, 0.1) is 17.8 Å². The second-order valence-electron chi connectivity index (χ2n) is 7.63. The molecule has 0 radical (unpaired) electrons. The third kappa shape index (κ3) is 7.26. The number of nitrogens with zero attached hydrogens (tertiary/aromatic N) is 2. The molecule has 3 rings (SSSR count). The van der Waals surface area contributed by atoms with Gasteiger partial charge in [-0.15, -0.1) is 11.3 Å². The number of β-amino-alcohol motifs (C(OH)–C–C–N with tert-alkyl or cyclic N) is 1. The maximum atomic E-state index is 10.4. The standard InChI is InChI=1S/C22H33N3O3S/c1-17-24-19(16-29-17)13-23-12-18-7-8-21(22(11-18)27-2)28-15-20(26)14-25-9-5-3-4-6-10-25/h7-8,11,16,20,23,26H,3-6,9-10,12-15H2,1-2H3/t20-/m0/s1. The smallest absolute Gasteiger partial charge is 0.161 e. The van der Waals surface area contributed by atoms with Gasteiger partial charge in [-0.2, -0.15) is 0 Å². The number of benzene rings is 1. The molecule has 0 amide bonds. The van der Waals surface area contributed by atoms with Crippen molar-refractivity contribution in [2.45, 2.75) is 51.8 Å². The molecule has 160 valence electrons.